The van der Waals surface area contributed by atoms with E-state index in [1.54, 1.807) is 0 Å². The van der Waals surface area contributed by atoms with E-state index < -0.39 is 0 Å². The van der Waals surface area contributed by atoms with Gasteiger partial charge in [-0.1, -0.05) is 6.92 Å². The fourth-order valence-corrected chi connectivity index (χ4v) is 1.74. The zero-order valence-electron chi connectivity index (χ0n) is 10.5. The van der Waals surface area contributed by atoms with Gasteiger partial charge in [0, 0.05) is 18.3 Å². The van der Waals surface area contributed by atoms with E-state index in [9.17, 15) is 0 Å². The van der Waals surface area contributed by atoms with Crippen molar-refractivity contribution in [2.24, 2.45) is 0 Å². The molecule has 0 N–H and O–H groups in total. The number of hydrogen-bond acceptors (Lipinski definition) is 3. The third kappa shape index (κ3) is 2.52. The summed E-state index contributed by atoms with van der Waals surface area (Å²) in [4.78, 5) is 6.67. The second-order valence-corrected chi connectivity index (χ2v) is 3.98. The van der Waals surface area contributed by atoms with Gasteiger partial charge in [-0.05, 0) is 39.3 Å². The lowest BCUT2D eigenvalue weighted by Crippen LogP contribution is -2.33. The molecule has 1 aromatic rings. The van der Waals surface area contributed by atoms with Crippen LogP contribution in [-0.4, -0.2) is 17.6 Å². The van der Waals surface area contributed by atoms with E-state index in [4.69, 9.17) is 5.26 Å². The summed E-state index contributed by atoms with van der Waals surface area (Å²) in [6.45, 7) is 9.23. The van der Waals surface area contributed by atoms with Crippen molar-refractivity contribution in [1.29, 1.82) is 5.26 Å². The van der Waals surface area contributed by atoms with E-state index in [2.05, 4.69) is 36.7 Å². The van der Waals surface area contributed by atoms with Gasteiger partial charge in [0.1, 0.15) is 11.9 Å². The number of hydrogen-bond donors (Lipinski definition) is 0. The van der Waals surface area contributed by atoms with E-state index in [1.165, 1.54) is 0 Å². The van der Waals surface area contributed by atoms with E-state index in [-0.39, 0.29) is 0 Å². The summed E-state index contributed by atoms with van der Waals surface area (Å²) in [5.41, 5.74) is 1.61. The smallest absolute Gasteiger partial charge is 0.147 e. The number of rotatable bonds is 4. The molecule has 0 aliphatic rings. The maximum atomic E-state index is 9.09. The number of nitrogens with zero attached hydrogens (tertiary/aromatic N) is 3. The zero-order chi connectivity index (χ0) is 12.1. The Morgan fingerprint density at radius 3 is 2.62 bits per heavy atom. The Bertz CT molecular complexity index is 393. The largest absolute Gasteiger partial charge is 0.353 e. The summed E-state index contributed by atoms with van der Waals surface area (Å²) < 4.78 is 0. The molecular formula is C13H19N3. The average molecular weight is 217 g/mol. The minimum atomic E-state index is 0.409. The molecule has 1 rings (SSSR count). The first kappa shape index (κ1) is 12.5. The van der Waals surface area contributed by atoms with Gasteiger partial charge in [0.2, 0.25) is 0 Å². The molecule has 0 spiro atoms. The normalized spacial score (nSPS) is 11.9. The van der Waals surface area contributed by atoms with Gasteiger partial charge in [0.15, 0.2) is 0 Å². The summed E-state index contributed by atoms with van der Waals surface area (Å²) >= 11 is 0. The van der Waals surface area contributed by atoms with E-state index in [0.717, 1.165) is 24.5 Å². The predicted molar refractivity (Wildman–Crippen MR) is 66.5 cm³/mol. The molecule has 1 unspecified atom stereocenters. The molecule has 16 heavy (non-hydrogen) atoms. The average Bonchev–Trinajstić information content (AvgIpc) is 2.30. The Labute approximate surface area is 97.7 Å². The van der Waals surface area contributed by atoms with Gasteiger partial charge < -0.3 is 4.90 Å². The number of nitriles is 1. The third-order valence-corrected chi connectivity index (χ3v) is 2.87. The van der Waals surface area contributed by atoms with Gasteiger partial charge in [-0.2, -0.15) is 5.26 Å². The highest BCUT2D eigenvalue weighted by Crippen LogP contribution is 2.20. The van der Waals surface area contributed by atoms with Crippen LogP contribution < -0.4 is 4.90 Å². The van der Waals surface area contributed by atoms with E-state index in [1.807, 2.05) is 19.1 Å². The van der Waals surface area contributed by atoms with Crippen LogP contribution in [0.3, 0.4) is 0 Å². The fraction of sp³-hybridized carbons (Fsp3) is 0.538. The van der Waals surface area contributed by atoms with Crippen LogP contribution in [0.4, 0.5) is 5.82 Å². The predicted octanol–water partition coefficient (Wildman–Crippen LogP) is 2.89. The van der Waals surface area contributed by atoms with Crippen molar-refractivity contribution in [3.8, 4) is 6.07 Å². The highest BCUT2D eigenvalue weighted by molar-refractivity contribution is 5.54. The molecule has 0 fully saturated rings. The number of aromatic nitrogens is 1. The second kappa shape index (κ2) is 5.50. The van der Waals surface area contributed by atoms with Crippen LogP contribution in [0.15, 0.2) is 12.1 Å². The minimum absolute atomic E-state index is 0.409. The van der Waals surface area contributed by atoms with Crippen molar-refractivity contribution in [3.05, 3.63) is 23.4 Å². The first-order chi connectivity index (χ1) is 7.63. The van der Waals surface area contributed by atoms with Crippen LogP contribution >= 0.6 is 0 Å². The molecule has 0 aromatic carbocycles. The van der Waals surface area contributed by atoms with Crippen LogP contribution in [0.1, 0.15) is 38.4 Å². The van der Waals surface area contributed by atoms with Crippen LogP contribution in [-0.2, 0) is 0 Å². The molecule has 1 aromatic heterocycles. The first-order valence-corrected chi connectivity index (χ1v) is 5.78. The molecule has 0 aliphatic carbocycles. The molecule has 0 saturated carbocycles. The van der Waals surface area contributed by atoms with E-state index >= 15 is 0 Å². The first-order valence-electron chi connectivity index (χ1n) is 5.78. The van der Waals surface area contributed by atoms with Gasteiger partial charge in [0.25, 0.3) is 0 Å². The van der Waals surface area contributed by atoms with Crippen LogP contribution in [0.2, 0.25) is 0 Å². The molecule has 0 radical (unpaired) electrons. The molecule has 1 atom stereocenters. The Balaban J connectivity index is 3.18. The summed E-state index contributed by atoms with van der Waals surface area (Å²) in [7, 11) is 0. The van der Waals surface area contributed by atoms with Crippen molar-refractivity contribution in [2.75, 3.05) is 11.4 Å². The Morgan fingerprint density at radius 1 is 1.44 bits per heavy atom. The zero-order valence-corrected chi connectivity index (χ0v) is 10.5. The van der Waals surface area contributed by atoms with Gasteiger partial charge in [-0.3, -0.25) is 0 Å². The SMILES string of the molecule is CCC(C)N(CC)c1nc(C)ccc1C#N. The standard InChI is InChI=1S/C13H19N3/c1-5-11(4)16(6-2)13-12(9-14)8-7-10(3)15-13/h7-8,11H,5-6H2,1-4H3. The lowest BCUT2D eigenvalue weighted by Gasteiger charge is -2.29. The summed E-state index contributed by atoms with van der Waals surface area (Å²) in [5.74, 6) is 0.819. The molecular weight excluding hydrogens is 198 g/mol. The summed E-state index contributed by atoms with van der Waals surface area (Å²) in [6, 6.07) is 6.35. The van der Waals surface area contributed by atoms with E-state index in [0.29, 0.717) is 11.6 Å². The topological polar surface area (TPSA) is 39.9 Å². The molecule has 3 nitrogen and oxygen atoms in total. The lowest BCUT2D eigenvalue weighted by molar-refractivity contribution is 0.622. The van der Waals surface area contributed by atoms with Crippen LogP contribution in [0.5, 0.6) is 0 Å². The molecule has 0 amide bonds. The van der Waals surface area contributed by atoms with Gasteiger partial charge in [0.05, 0.1) is 5.56 Å². The van der Waals surface area contributed by atoms with Gasteiger partial charge >= 0.3 is 0 Å². The quantitative estimate of drug-likeness (QED) is 0.778. The van der Waals surface area contributed by atoms with Crippen molar-refractivity contribution < 1.29 is 0 Å². The minimum Gasteiger partial charge on any atom is -0.353 e. The van der Waals surface area contributed by atoms with Gasteiger partial charge in [-0.15, -0.1) is 0 Å². The summed E-state index contributed by atoms with van der Waals surface area (Å²) in [5, 5.41) is 9.09. The number of anilines is 1. The highest BCUT2D eigenvalue weighted by Gasteiger charge is 2.16. The molecule has 0 saturated heterocycles. The molecule has 1 heterocycles. The lowest BCUT2D eigenvalue weighted by atomic mass is 10.1. The van der Waals surface area contributed by atoms with Crippen molar-refractivity contribution in [2.45, 2.75) is 40.2 Å². The maximum absolute atomic E-state index is 9.09. The second-order valence-electron chi connectivity index (χ2n) is 3.98. The fourth-order valence-electron chi connectivity index (χ4n) is 1.74. The van der Waals surface area contributed by atoms with Crippen LogP contribution in [0.25, 0.3) is 0 Å². The monoisotopic (exact) mass is 217 g/mol. The highest BCUT2D eigenvalue weighted by atomic mass is 15.2. The summed E-state index contributed by atoms with van der Waals surface area (Å²) in [6.07, 6.45) is 1.05. The van der Waals surface area contributed by atoms with Gasteiger partial charge in [-0.25, -0.2) is 4.98 Å². The Morgan fingerprint density at radius 2 is 2.12 bits per heavy atom. The number of aryl methyl sites for hydroxylation is 1. The number of pyridine rings is 1. The van der Waals surface area contributed by atoms with Crippen molar-refractivity contribution >= 4 is 5.82 Å². The van der Waals surface area contributed by atoms with Crippen molar-refractivity contribution in [1.82, 2.24) is 4.98 Å². The Hall–Kier alpha value is -1.56. The molecule has 3 heteroatoms. The van der Waals surface area contributed by atoms with Crippen molar-refractivity contribution in [3.63, 3.8) is 0 Å². The molecule has 86 valence electrons. The maximum Gasteiger partial charge on any atom is 0.147 e. The molecule has 0 bridgehead atoms. The third-order valence-electron chi connectivity index (χ3n) is 2.87. The Kier molecular flexibility index (Phi) is 4.30. The molecule has 0 aliphatic heterocycles. The van der Waals surface area contributed by atoms with Crippen LogP contribution in [0, 0.1) is 18.3 Å².